The van der Waals surface area contributed by atoms with Crippen molar-refractivity contribution < 1.29 is 19.1 Å². The second-order valence-corrected chi connectivity index (χ2v) is 8.05. The average Bonchev–Trinajstić information content (AvgIpc) is 3.24. The number of likely N-dealkylation sites (tertiary alicyclic amines) is 2. The summed E-state index contributed by atoms with van der Waals surface area (Å²) in [6.07, 6.45) is 1.09. The Morgan fingerprint density at radius 2 is 1.73 bits per heavy atom. The molecule has 1 aromatic rings. The van der Waals surface area contributed by atoms with Gasteiger partial charge in [-0.05, 0) is 17.4 Å². The second-order valence-electron chi connectivity index (χ2n) is 8.05. The van der Waals surface area contributed by atoms with Crippen LogP contribution in [-0.4, -0.2) is 60.7 Å². The van der Waals surface area contributed by atoms with Gasteiger partial charge in [-0.15, -0.1) is 0 Å². The van der Waals surface area contributed by atoms with Crippen LogP contribution in [0.25, 0.3) is 0 Å². The number of nitrogens with zero attached hydrogens (tertiary/aromatic N) is 2. The Hall–Kier alpha value is -2.08. The Labute approximate surface area is 155 Å². The molecule has 6 heteroatoms. The summed E-state index contributed by atoms with van der Waals surface area (Å²) in [7, 11) is 1.55. The smallest absolute Gasteiger partial charge is 0.410 e. The minimum Gasteiger partial charge on any atom is -0.445 e. The van der Waals surface area contributed by atoms with Gasteiger partial charge in [-0.1, -0.05) is 44.2 Å². The lowest BCUT2D eigenvalue weighted by molar-refractivity contribution is -0.152. The van der Waals surface area contributed by atoms with Gasteiger partial charge in [0, 0.05) is 33.2 Å². The largest absolute Gasteiger partial charge is 0.445 e. The molecule has 0 bridgehead atoms. The maximum atomic E-state index is 13.1. The lowest BCUT2D eigenvalue weighted by Crippen LogP contribution is -2.52. The first-order valence-electron chi connectivity index (χ1n) is 9.15. The topological polar surface area (TPSA) is 59.1 Å². The van der Waals surface area contributed by atoms with Crippen molar-refractivity contribution in [1.82, 2.24) is 9.80 Å². The third kappa shape index (κ3) is 3.85. The summed E-state index contributed by atoms with van der Waals surface area (Å²) >= 11 is 0. The molecule has 0 N–H and O–H groups in total. The summed E-state index contributed by atoms with van der Waals surface area (Å²) in [5.74, 6) is -0.0102. The standard InChI is InChI=1S/C20H28N2O4/c1-19(2)9-11-21(14-19)17(23)20(25-3)10-12-22(15-20)18(24)26-13-16-7-5-4-6-8-16/h4-8H,9-15H2,1-3H3. The lowest BCUT2D eigenvalue weighted by Gasteiger charge is -2.31. The number of carbonyl (C=O) groups is 2. The first kappa shape index (κ1) is 18.7. The average molecular weight is 360 g/mol. The zero-order chi connectivity index (χ0) is 18.8. The Morgan fingerprint density at radius 3 is 2.35 bits per heavy atom. The van der Waals surface area contributed by atoms with E-state index < -0.39 is 11.7 Å². The maximum absolute atomic E-state index is 13.1. The van der Waals surface area contributed by atoms with Crippen LogP contribution < -0.4 is 0 Å². The number of ether oxygens (including phenoxy) is 2. The van der Waals surface area contributed by atoms with Crippen LogP contribution in [0.15, 0.2) is 30.3 Å². The molecule has 2 heterocycles. The van der Waals surface area contributed by atoms with E-state index in [1.165, 1.54) is 0 Å². The number of methoxy groups -OCH3 is 1. The minimum atomic E-state index is -0.952. The van der Waals surface area contributed by atoms with Crippen LogP contribution in [0.3, 0.4) is 0 Å². The quantitative estimate of drug-likeness (QED) is 0.828. The highest BCUT2D eigenvalue weighted by atomic mass is 16.6. The van der Waals surface area contributed by atoms with Crippen LogP contribution in [0, 0.1) is 5.41 Å². The molecule has 0 saturated carbocycles. The Bertz CT molecular complexity index is 661. The van der Waals surface area contributed by atoms with Gasteiger partial charge in [0.25, 0.3) is 5.91 Å². The number of amides is 2. The molecule has 26 heavy (non-hydrogen) atoms. The molecule has 1 aromatic carbocycles. The summed E-state index contributed by atoms with van der Waals surface area (Å²) in [6.45, 7) is 6.75. The van der Waals surface area contributed by atoms with E-state index >= 15 is 0 Å². The van der Waals surface area contributed by atoms with Crippen molar-refractivity contribution >= 4 is 12.0 Å². The highest BCUT2D eigenvalue weighted by Crippen LogP contribution is 2.34. The molecule has 2 amide bonds. The van der Waals surface area contributed by atoms with Gasteiger partial charge in [-0.25, -0.2) is 4.79 Å². The predicted octanol–water partition coefficient (Wildman–Crippen LogP) is 2.67. The van der Waals surface area contributed by atoms with Crippen molar-refractivity contribution in [3.63, 3.8) is 0 Å². The summed E-state index contributed by atoms with van der Waals surface area (Å²) in [5.41, 5.74) is 0.123. The molecule has 0 spiro atoms. The van der Waals surface area contributed by atoms with Gasteiger partial charge >= 0.3 is 6.09 Å². The lowest BCUT2D eigenvalue weighted by atomic mass is 9.93. The molecule has 3 rings (SSSR count). The normalized spacial score (nSPS) is 24.7. The van der Waals surface area contributed by atoms with Gasteiger partial charge in [-0.3, -0.25) is 4.79 Å². The Morgan fingerprint density at radius 1 is 1.04 bits per heavy atom. The van der Waals surface area contributed by atoms with Gasteiger partial charge in [0.1, 0.15) is 6.61 Å². The molecular weight excluding hydrogens is 332 g/mol. The highest BCUT2D eigenvalue weighted by molar-refractivity contribution is 5.87. The zero-order valence-electron chi connectivity index (χ0n) is 15.9. The van der Waals surface area contributed by atoms with E-state index in [9.17, 15) is 9.59 Å². The van der Waals surface area contributed by atoms with E-state index in [1.807, 2.05) is 35.2 Å². The third-order valence-electron chi connectivity index (χ3n) is 5.44. The molecule has 0 aromatic heterocycles. The van der Waals surface area contributed by atoms with Crippen molar-refractivity contribution in [3.8, 4) is 0 Å². The van der Waals surface area contributed by atoms with Crippen LogP contribution in [0.1, 0.15) is 32.3 Å². The van der Waals surface area contributed by atoms with Crippen LogP contribution in [-0.2, 0) is 20.9 Å². The van der Waals surface area contributed by atoms with E-state index in [4.69, 9.17) is 9.47 Å². The van der Waals surface area contributed by atoms with Gasteiger partial charge in [0.15, 0.2) is 5.60 Å². The summed E-state index contributed by atoms with van der Waals surface area (Å²) < 4.78 is 11.0. The summed E-state index contributed by atoms with van der Waals surface area (Å²) in [5, 5.41) is 0. The van der Waals surface area contributed by atoms with Crippen LogP contribution in [0.2, 0.25) is 0 Å². The van der Waals surface area contributed by atoms with E-state index in [0.29, 0.717) is 13.0 Å². The molecule has 2 aliphatic rings. The molecule has 0 aliphatic carbocycles. The van der Waals surface area contributed by atoms with Crippen molar-refractivity contribution in [2.45, 2.75) is 38.9 Å². The van der Waals surface area contributed by atoms with Crippen molar-refractivity contribution in [3.05, 3.63) is 35.9 Å². The molecule has 6 nitrogen and oxygen atoms in total. The SMILES string of the molecule is COC1(C(=O)N2CCC(C)(C)C2)CCN(C(=O)OCc2ccccc2)C1. The number of hydrogen-bond acceptors (Lipinski definition) is 4. The fourth-order valence-electron chi connectivity index (χ4n) is 3.75. The summed E-state index contributed by atoms with van der Waals surface area (Å²) in [4.78, 5) is 28.9. The number of carbonyl (C=O) groups excluding carboxylic acids is 2. The fraction of sp³-hybridized carbons (Fsp3) is 0.600. The molecule has 2 aliphatic heterocycles. The van der Waals surface area contributed by atoms with E-state index in [-0.39, 0.29) is 24.5 Å². The van der Waals surface area contributed by atoms with E-state index in [0.717, 1.165) is 25.1 Å². The van der Waals surface area contributed by atoms with Crippen LogP contribution in [0.4, 0.5) is 4.79 Å². The van der Waals surface area contributed by atoms with Crippen molar-refractivity contribution in [2.24, 2.45) is 5.41 Å². The number of hydrogen-bond donors (Lipinski definition) is 0. The van der Waals surface area contributed by atoms with E-state index in [1.54, 1.807) is 12.0 Å². The van der Waals surface area contributed by atoms with Crippen molar-refractivity contribution in [1.29, 1.82) is 0 Å². The Kier molecular flexibility index (Phi) is 5.23. The number of benzene rings is 1. The minimum absolute atomic E-state index is 0.0102. The van der Waals surface area contributed by atoms with Gasteiger partial charge < -0.3 is 19.3 Å². The molecular formula is C20H28N2O4. The van der Waals surface area contributed by atoms with Gasteiger partial charge in [0.05, 0.1) is 6.54 Å². The molecule has 1 atom stereocenters. The van der Waals surface area contributed by atoms with Crippen molar-refractivity contribution in [2.75, 3.05) is 33.3 Å². The fourth-order valence-corrected chi connectivity index (χ4v) is 3.75. The summed E-state index contributed by atoms with van der Waals surface area (Å²) in [6, 6.07) is 9.56. The first-order valence-corrected chi connectivity index (χ1v) is 9.15. The molecule has 1 unspecified atom stereocenters. The van der Waals surface area contributed by atoms with Gasteiger partial charge in [0.2, 0.25) is 0 Å². The number of rotatable bonds is 4. The predicted molar refractivity (Wildman–Crippen MR) is 97.5 cm³/mol. The maximum Gasteiger partial charge on any atom is 0.410 e. The first-order chi connectivity index (χ1) is 12.4. The second kappa shape index (κ2) is 7.27. The third-order valence-corrected chi connectivity index (χ3v) is 5.44. The molecule has 0 radical (unpaired) electrons. The molecule has 2 saturated heterocycles. The molecule has 2 fully saturated rings. The van der Waals surface area contributed by atoms with Gasteiger partial charge in [-0.2, -0.15) is 0 Å². The molecule has 142 valence electrons. The van der Waals surface area contributed by atoms with Crippen LogP contribution >= 0.6 is 0 Å². The van der Waals surface area contributed by atoms with Crippen LogP contribution in [0.5, 0.6) is 0 Å². The monoisotopic (exact) mass is 360 g/mol. The highest BCUT2D eigenvalue weighted by Gasteiger charge is 2.50. The van der Waals surface area contributed by atoms with E-state index in [2.05, 4.69) is 13.8 Å². The Balaban J connectivity index is 1.59. The zero-order valence-corrected chi connectivity index (χ0v) is 15.9.